The van der Waals surface area contributed by atoms with Gasteiger partial charge in [0.1, 0.15) is 18.3 Å². The van der Waals surface area contributed by atoms with Crippen molar-refractivity contribution in [3.8, 4) is 11.5 Å². The zero-order valence-corrected chi connectivity index (χ0v) is 21.5. The summed E-state index contributed by atoms with van der Waals surface area (Å²) in [6.07, 6.45) is 6.65. The molecule has 0 aliphatic carbocycles. The molecule has 1 aromatic carbocycles. The molecular weight excluding hydrogens is 436 g/mol. The highest BCUT2D eigenvalue weighted by Crippen LogP contribution is 2.36. The summed E-state index contributed by atoms with van der Waals surface area (Å²) in [5.41, 5.74) is 1.92. The fraction of sp³-hybridized carbons (Fsp3) is 0.519. The molecule has 0 saturated carbocycles. The Morgan fingerprint density at radius 2 is 1.94 bits per heavy atom. The van der Waals surface area contributed by atoms with Gasteiger partial charge in [-0.05, 0) is 45.4 Å². The third-order valence-corrected chi connectivity index (χ3v) is 5.70. The summed E-state index contributed by atoms with van der Waals surface area (Å²) in [5.74, 6) is 0.582. The number of methoxy groups -OCH3 is 3. The third-order valence-electron chi connectivity index (χ3n) is 5.70. The molecule has 0 spiro atoms. The number of benzene rings is 1. The van der Waals surface area contributed by atoms with Crippen LogP contribution in [0.25, 0.3) is 6.08 Å². The molecule has 1 aromatic rings. The maximum absolute atomic E-state index is 12.1. The van der Waals surface area contributed by atoms with Crippen molar-refractivity contribution in [3.63, 3.8) is 0 Å². The van der Waals surface area contributed by atoms with Gasteiger partial charge in [0.15, 0.2) is 11.5 Å². The molecule has 7 nitrogen and oxygen atoms in total. The largest absolute Gasteiger partial charge is 0.504 e. The van der Waals surface area contributed by atoms with Crippen LogP contribution in [0.15, 0.2) is 47.8 Å². The second kappa shape index (κ2) is 12.6. The molecule has 2 rings (SSSR count). The van der Waals surface area contributed by atoms with Gasteiger partial charge in [-0.25, -0.2) is 4.79 Å². The van der Waals surface area contributed by atoms with Crippen molar-refractivity contribution in [2.24, 2.45) is 5.92 Å². The molecule has 0 bridgehead atoms. The number of ether oxygens (including phenoxy) is 6. The van der Waals surface area contributed by atoms with Gasteiger partial charge in [-0.3, -0.25) is 0 Å². The Kier molecular flexibility index (Phi) is 10.2. The van der Waals surface area contributed by atoms with E-state index in [1.165, 1.54) is 26.1 Å². The Bertz CT molecular complexity index is 910. The van der Waals surface area contributed by atoms with Gasteiger partial charge in [-0.1, -0.05) is 36.8 Å². The van der Waals surface area contributed by atoms with Gasteiger partial charge in [0, 0.05) is 13.0 Å². The molecule has 0 N–H and O–H groups in total. The number of allylic oxidation sites excluding steroid dienone is 1. The van der Waals surface area contributed by atoms with E-state index < -0.39 is 11.6 Å². The third kappa shape index (κ3) is 7.37. The minimum Gasteiger partial charge on any atom is -0.504 e. The fourth-order valence-corrected chi connectivity index (χ4v) is 3.54. The summed E-state index contributed by atoms with van der Waals surface area (Å²) in [7, 11) is 4.43. The first-order chi connectivity index (χ1) is 16.1. The van der Waals surface area contributed by atoms with Gasteiger partial charge < -0.3 is 28.4 Å². The van der Waals surface area contributed by atoms with Crippen LogP contribution in [0.4, 0.5) is 0 Å². The molecule has 1 heterocycles. The minimum atomic E-state index is -0.576. The lowest BCUT2D eigenvalue weighted by molar-refractivity contribution is -0.137. The molecule has 0 unspecified atom stereocenters. The summed E-state index contributed by atoms with van der Waals surface area (Å²) >= 11 is 0. The predicted octanol–water partition coefficient (Wildman–Crippen LogP) is 4.96. The average Bonchev–Trinajstić information content (AvgIpc) is 2.91. The predicted molar refractivity (Wildman–Crippen MR) is 132 cm³/mol. The highest BCUT2D eigenvalue weighted by molar-refractivity contribution is 5.88. The Balaban J connectivity index is 2.20. The van der Waals surface area contributed by atoms with E-state index >= 15 is 0 Å². The molecule has 1 aliphatic rings. The highest BCUT2D eigenvalue weighted by Gasteiger charge is 2.36. The smallest absolute Gasteiger partial charge is 0.337 e. The number of fused-ring (bicyclic) bond motifs is 1. The van der Waals surface area contributed by atoms with E-state index in [1.54, 1.807) is 7.11 Å². The van der Waals surface area contributed by atoms with E-state index in [0.29, 0.717) is 30.3 Å². The molecule has 3 atom stereocenters. The molecule has 188 valence electrons. The Morgan fingerprint density at radius 3 is 2.56 bits per heavy atom. The zero-order chi connectivity index (χ0) is 25.3. The van der Waals surface area contributed by atoms with Crippen LogP contribution in [0.2, 0.25) is 0 Å². The molecule has 34 heavy (non-hydrogen) atoms. The van der Waals surface area contributed by atoms with Gasteiger partial charge in [0.2, 0.25) is 0 Å². The summed E-state index contributed by atoms with van der Waals surface area (Å²) in [4.78, 5) is 12.1. The van der Waals surface area contributed by atoms with Crippen molar-refractivity contribution >= 4 is 12.0 Å². The topological polar surface area (TPSA) is 72.5 Å². The van der Waals surface area contributed by atoms with Crippen molar-refractivity contribution in [1.29, 1.82) is 0 Å². The van der Waals surface area contributed by atoms with Crippen molar-refractivity contribution in [2.45, 2.75) is 52.4 Å². The summed E-state index contributed by atoms with van der Waals surface area (Å²) in [6.45, 7) is 10.9. The monoisotopic (exact) mass is 474 g/mol. The first kappa shape index (κ1) is 27.5. The molecular formula is C27H38O7. The van der Waals surface area contributed by atoms with Crippen LogP contribution in [-0.4, -0.2) is 58.3 Å². The van der Waals surface area contributed by atoms with Gasteiger partial charge in [-0.15, -0.1) is 0 Å². The van der Waals surface area contributed by atoms with Crippen LogP contribution >= 0.6 is 0 Å². The molecule has 0 saturated heterocycles. The number of rotatable bonds is 10. The quantitative estimate of drug-likeness (QED) is 0.205. The van der Waals surface area contributed by atoms with Crippen LogP contribution in [0.3, 0.4) is 0 Å². The Morgan fingerprint density at radius 1 is 1.21 bits per heavy atom. The second-order valence-electron chi connectivity index (χ2n) is 8.97. The van der Waals surface area contributed by atoms with Crippen LogP contribution in [0.1, 0.15) is 40.2 Å². The van der Waals surface area contributed by atoms with E-state index in [1.807, 2.05) is 71.0 Å². The standard InChI is InChI=1S/C27H38O7/c1-18(2)13-14-32-25-17-33-23-12-10-20(15-24(23)34-27(25,4)5)9-11-22(30-7)19(3)21(16-29-6)26(28)31-8/h9-13,15-16,19,22,25H,14,17H2,1-8H3/b11-9+,21-16+/t19-,22-,25-/m0/s1. The molecule has 0 radical (unpaired) electrons. The van der Waals surface area contributed by atoms with E-state index in [4.69, 9.17) is 28.4 Å². The van der Waals surface area contributed by atoms with Crippen molar-refractivity contribution in [2.75, 3.05) is 34.5 Å². The normalized spacial score (nSPS) is 19.2. The van der Waals surface area contributed by atoms with E-state index in [9.17, 15) is 4.79 Å². The number of carbonyl (C=O) groups is 1. The van der Waals surface area contributed by atoms with Gasteiger partial charge in [0.05, 0.1) is 38.8 Å². The van der Waals surface area contributed by atoms with E-state index in [2.05, 4.69) is 0 Å². The first-order valence-electron chi connectivity index (χ1n) is 11.4. The van der Waals surface area contributed by atoms with Crippen LogP contribution in [0, 0.1) is 5.92 Å². The molecule has 0 amide bonds. The average molecular weight is 475 g/mol. The number of carbonyl (C=O) groups excluding carboxylic acids is 1. The zero-order valence-electron chi connectivity index (χ0n) is 21.5. The summed E-state index contributed by atoms with van der Waals surface area (Å²) in [6, 6.07) is 5.76. The maximum Gasteiger partial charge on any atom is 0.337 e. The molecule has 7 heteroatoms. The molecule has 0 fully saturated rings. The van der Waals surface area contributed by atoms with E-state index in [-0.39, 0.29) is 18.1 Å². The first-order valence-corrected chi connectivity index (χ1v) is 11.4. The van der Waals surface area contributed by atoms with Crippen molar-refractivity contribution < 1.29 is 33.2 Å². The second-order valence-corrected chi connectivity index (χ2v) is 8.97. The minimum absolute atomic E-state index is 0.225. The number of hydrogen-bond donors (Lipinski definition) is 0. The summed E-state index contributed by atoms with van der Waals surface area (Å²) < 4.78 is 33.9. The van der Waals surface area contributed by atoms with Gasteiger partial charge in [0.25, 0.3) is 0 Å². The SMILES string of the molecule is CO/C=C(/C(=O)OC)[C@H](C)[C@H](/C=C/c1ccc2c(c1)OC(C)(C)[C@@H](OCC=C(C)C)CO2)OC. The van der Waals surface area contributed by atoms with Crippen LogP contribution < -0.4 is 9.47 Å². The van der Waals surface area contributed by atoms with E-state index in [0.717, 1.165) is 5.56 Å². The lowest BCUT2D eigenvalue weighted by Gasteiger charge is -2.31. The van der Waals surface area contributed by atoms with Gasteiger partial charge in [-0.2, -0.15) is 0 Å². The maximum atomic E-state index is 12.1. The lowest BCUT2D eigenvalue weighted by Crippen LogP contribution is -2.45. The van der Waals surface area contributed by atoms with Crippen molar-refractivity contribution in [3.05, 3.63) is 53.3 Å². The fourth-order valence-electron chi connectivity index (χ4n) is 3.54. The van der Waals surface area contributed by atoms with Crippen molar-refractivity contribution in [1.82, 2.24) is 0 Å². The summed E-state index contributed by atoms with van der Waals surface area (Å²) in [5, 5.41) is 0. The molecule has 1 aliphatic heterocycles. The Labute approximate surface area is 203 Å². The van der Waals surface area contributed by atoms with Crippen LogP contribution in [0.5, 0.6) is 11.5 Å². The molecule has 0 aromatic heterocycles. The van der Waals surface area contributed by atoms with Gasteiger partial charge >= 0.3 is 5.97 Å². The highest BCUT2D eigenvalue weighted by atomic mass is 16.6. The lowest BCUT2D eigenvalue weighted by atomic mass is 9.95. The Hall–Kier alpha value is -2.77. The van der Waals surface area contributed by atoms with Crippen LogP contribution in [-0.2, 0) is 23.7 Å². The number of hydrogen-bond acceptors (Lipinski definition) is 7. The number of esters is 1.